The normalized spacial score (nSPS) is 11.0. The first-order chi connectivity index (χ1) is 12.5. The number of hydrogen-bond donors (Lipinski definition) is 0. The van der Waals surface area contributed by atoms with Crippen LogP contribution in [-0.4, -0.2) is 39.9 Å². The topological polar surface area (TPSA) is 68.2 Å². The molecule has 0 aliphatic carbocycles. The number of amides is 1. The molecule has 0 saturated heterocycles. The Morgan fingerprint density at radius 3 is 2.69 bits per heavy atom. The van der Waals surface area contributed by atoms with Gasteiger partial charge in [0.15, 0.2) is 0 Å². The van der Waals surface area contributed by atoms with Gasteiger partial charge in [0.05, 0.1) is 7.11 Å². The highest BCUT2D eigenvalue weighted by molar-refractivity contribution is 5.93. The van der Waals surface area contributed by atoms with Crippen molar-refractivity contribution in [2.75, 3.05) is 14.2 Å². The summed E-state index contributed by atoms with van der Waals surface area (Å²) in [6, 6.07) is 9.36. The van der Waals surface area contributed by atoms with E-state index in [-0.39, 0.29) is 11.8 Å². The van der Waals surface area contributed by atoms with Crippen molar-refractivity contribution in [3.05, 3.63) is 59.8 Å². The van der Waals surface area contributed by atoms with E-state index >= 15 is 0 Å². The largest absolute Gasteiger partial charge is 0.494 e. The lowest BCUT2D eigenvalue weighted by atomic mass is 10.1. The van der Waals surface area contributed by atoms with Crippen molar-refractivity contribution < 1.29 is 9.53 Å². The molecule has 3 rings (SSSR count). The minimum Gasteiger partial charge on any atom is -0.494 e. The van der Waals surface area contributed by atoms with Gasteiger partial charge in [0, 0.05) is 37.3 Å². The van der Waals surface area contributed by atoms with Crippen LogP contribution >= 0.6 is 0 Å². The number of carbonyl (C=O) groups excluding carboxylic acids is 1. The number of pyridine rings is 1. The lowest BCUT2D eigenvalue weighted by Crippen LogP contribution is -2.27. The molecule has 6 heteroatoms. The smallest absolute Gasteiger partial charge is 0.272 e. The molecule has 0 fully saturated rings. The zero-order chi connectivity index (χ0) is 18.7. The van der Waals surface area contributed by atoms with Crippen LogP contribution in [0.2, 0.25) is 0 Å². The molecular weight excluding hydrogens is 328 g/mol. The van der Waals surface area contributed by atoms with Crippen molar-refractivity contribution in [1.82, 2.24) is 19.9 Å². The first kappa shape index (κ1) is 17.8. The van der Waals surface area contributed by atoms with Crippen LogP contribution in [0, 0.1) is 0 Å². The molecular formula is C20H22N4O2. The highest BCUT2D eigenvalue weighted by Crippen LogP contribution is 2.27. The van der Waals surface area contributed by atoms with Crippen molar-refractivity contribution in [3.63, 3.8) is 0 Å². The maximum absolute atomic E-state index is 12.8. The summed E-state index contributed by atoms with van der Waals surface area (Å²) in [5.74, 6) is 1.42. The Bertz CT molecular complexity index is 940. The van der Waals surface area contributed by atoms with Crippen LogP contribution in [0.3, 0.4) is 0 Å². The van der Waals surface area contributed by atoms with E-state index in [0.29, 0.717) is 18.1 Å². The number of hydrogen-bond acceptors (Lipinski definition) is 5. The summed E-state index contributed by atoms with van der Waals surface area (Å²) in [6.07, 6.45) is 3.37. The first-order valence-electron chi connectivity index (χ1n) is 8.50. The van der Waals surface area contributed by atoms with Crippen molar-refractivity contribution in [3.8, 4) is 5.75 Å². The summed E-state index contributed by atoms with van der Waals surface area (Å²) in [5, 5.41) is 0.969. The fourth-order valence-corrected chi connectivity index (χ4v) is 2.80. The SMILES string of the molecule is COc1ccc(CN(C)C(=O)c2ccnc(C(C)C)n2)c2cccnc12. The molecule has 1 aromatic carbocycles. The zero-order valence-electron chi connectivity index (χ0n) is 15.4. The molecule has 6 nitrogen and oxygen atoms in total. The molecule has 2 heterocycles. The van der Waals surface area contributed by atoms with Crippen LogP contribution in [0.15, 0.2) is 42.7 Å². The fraction of sp³-hybridized carbons (Fsp3) is 0.300. The predicted molar refractivity (Wildman–Crippen MR) is 100 cm³/mol. The summed E-state index contributed by atoms with van der Waals surface area (Å²) in [6.45, 7) is 4.46. The number of methoxy groups -OCH3 is 1. The van der Waals surface area contributed by atoms with Gasteiger partial charge in [-0.1, -0.05) is 26.0 Å². The Labute approximate surface area is 152 Å². The lowest BCUT2D eigenvalue weighted by Gasteiger charge is -2.19. The second-order valence-electron chi connectivity index (χ2n) is 6.44. The van der Waals surface area contributed by atoms with E-state index in [2.05, 4.69) is 15.0 Å². The monoisotopic (exact) mass is 350 g/mol. The van der Waals surface area contributed by atoms with Gasteiger partial charge in [0.1, 0.15) is 22.8 Å². The molecule has 0 radical (unpaired) electrons. The summed E-state index contributed by atoms with van der Waals surface area (Å²) in [4.78, 5) is 27.4. The van der Waals surface area contributed by atoms with Crippen molar-refractivity contribution in [2.45, 2.75) is 26.3 Å². The average molecular weight is 350 g/mol. The van der Waals surface area contributed by atoms with Gasteiger partial charge in [-0.2, -0.15) is 0 Å². The van der Waals surface area contributed by atoms with E-state index in [1.165, 1.54) is 0 Å². The van der Waals surface area contributed by atoms with E-state index in [1.807, 2.05) is 38.1 Å². The summed E-state index contributed by atoms with van der Waals surface area (Å²) < 4.78 is 5.38. The Balaban J connectivity index is 1.88. The molecule has 0 atom stereocenters. The number of nitrogens with zero attached hydrogens (tertiary/aromatic N) is 4. The highest BCUT2D eigenvalue weighted by atomic mass is 16.5. The number of ether oxygens (including phenoxy) is 1. The maximum Gasteiger partial charge on any atom is 0.272 e. The number of rotatable bonds is 5. The number of aromatic nitrogens is 3. The second kappa shape index (κ2) is 7.47. The minimum absolute atomic E-state index is 0.137. The summed E-state index contributed by atoms with van der Waals surface area (Å²) in [5.41, 5.74) is 2.20. The molecule has 3 aromatic rings. The number of fused-ring (bicyclic) bond motifs is 1. The molecule has 0 aliphatic heterocycles. The lowest BCUT2D eigenvalue weighted by molar-refractivity contribution is 0.0779. The molecule has 134 valence electrons. The Kier molecular flexibility index (Phi) is 5.11. The van der Waals surface area contributed by atoms with Crippen LogP contribution in [0.4, 0.5) is 0 Å². The van der Waals surface area contributed by atoms with Crippen LogP contribution in [0.25, 0.3) is 10.9 Å². The molecule has 0 unspecified atom stereocenters. The number of benzene rings is 1. The van der Waals surface area contributed by atoms with Crippen molar-refractivity contribution in [1.29, 1.82) is 0 Å². The van der Waals surface area contributed by atoms with Gasteiger partial charge in [0.2, 0.25) is 0 Å². The van der Waals surface area contributed by atoms with Gasteiger partial charge in [-0.05, 0) is 23.8 Å². The van der Waals surface area contributed by atoms with Crippen LogP contribution in [0.5, 0.6) is 5.75 Å². The van der Waals surface area contributed by atoms with E-state index in [0.717, 1.165) is 22.2 Å². The van der Waals surface area contributed by atoms with Crippen molar-refractivity contribution in [2.24, 2.45) is 0 Å². The maximum atomic E-state index is 12.8. The molecule has 0 saturated carbocycles. The Morgan fingerprint density at radius 1 is 1.15 bits per heavy atom. The van der Waals surface area contributed by atoms with E-state index in [1.54, 1.807) is 37.5 Å². The van der Waals surface area contributed by atoms with Gasteiger partial charge in [0.25, 0.3) is 5.91 Å². The Hall–Kier alpha value is -3.02. The standard InChI is InChI=1S/C20H22N4O2/c1-13(2)19-22-11-9-16(23-19)20(25)24(3)12-14-7-8-17(26-4)18-15(14)6-5-10-21-18/h5-11,13H,12H2,1-4H3. The fourth-order valence-electron chi connectivity index (χ4n) is 2.80. The molecule has 26 heavy (non-hydrogen) atoms. The zero-order valence-corrected chi connectivity index (χ0v) is 15.4. The molecule has 0 bridgehead atoms. The molecule has 0 spiro atoms. The third kappa shape index (κ3) is 3.49. The average Bonchev–Trinajstić information content (AvgIpc) is 2.67. The summed E-state index contributed by atoms with van der Waals surface area (Å²) >= 11 is 0. The Morgan fingerprint density at radius 2 is 1.96 bits per heavy atom. The second-order valence-corrected chi connectivity index (χ2v) is 6.44. The van der Waals surface area contributed by atoms with E-state index in [9.17, 15) is 4.79 Å². The third-order valence-corrected chi connectivity index (χ3v) is 4.21. The third-order valence-electron chi connectivity index (χ3n) is 4.21. The van der Waals surface area contributed by atoms with Crippen LogP contribution < -0.4 is 4.74 Å². The molecule has 1 amide bonds. The molecule has 0 aliphatic rings. The van der Waals surface area contributed by atoms with Gasteiger partial charge in [-0.15, -0.1) is 0 Å². The summed E-state index contributed by atoms with van der Waals surface area (Å²) in [7, 11) is 3.39. The van der Waals surface area contributed by atoms with Gasteiger partial charge < -0.3 is 9.64 Å². The molecule has 2 aromatic heterocycles. The van der Waals surface area contributed by atoms with Crippen LogP contribution in [0.1, 0.15) is 41.6 Å². The quantitative estimate of drug-likeness (QED) is 0.705. The van der Waals surface area contributed by atoms with E-state index in [4.69, 9.17) is 4.74 Å². The predicted octanol–water partition coefficient (Wildman–Crippen LogP) is 3.43. The highest BCUT2D eigenvalue weighted by Gasteiger charge is 2.17. The van der Waals surface area contributed by atoms with Crippen LogP contribution in [-0.2, 0) is 6.54 Å². The first-order valence-corrected chi connectivity index (χ1v) is 8.50. The molecule has 0 N–H and O–H groups in total. The van der Waals surface area contributed by atoms with Gasteiger partial charge >= 0.3 is 0 Å². The number of carbonyl (C=O) groups is 1. The van der Waals surface area contributed by atoms with Crippen molar-refractivity contribution >= 4 is 16.8 Å². The van der Waals surface area contributed by atoms with Gasteiger partial charge in [-0.25, -0.2) is 9.97 Å². The van der Waals surface area contributed by atoms with E-state index < -0.39 is 0 Å². The minimum atomic E-state index is -0.137. The van der Waals surface area contributed by atoms with Gasteiger partial charge in [-0.3, -0.25) is 9.78 Å².